The van der Waals surface area contributed by atoms with Gasteiger partial charge in [-0.25, -0.2) is 4.98 Å². The summed E-state index contributed by atoms with van der Waals surface area (Å²) in [6.45, 7) is 0.590. The molecule has 15 heavy (non-hydrogen) atoms. The van der Waals surface area contributed by atoms with Crippen LogP contribution in [0.2, 0.25) is 5.02 Å². The molecule has 2 heterocycles. The third-order valence-corrected chi connectivity index (χ3v) is 3.69. The molecule has 0 radical (unpaired) electrons. The Labute approximate surface area is 106 Å². The van der Waals surface area contributed by atoms with Crippen molar-refractivity contribution in [3.8, 4) is 0 Å². The van der Waals surface area contributed by atoms with Crippen LogP contribution in [-0.4, -0.2) is 22.7 Å². The maximum Gasteiger partial charge on any atom is 0.229 e. The normalized spacial score (nSPS) is 21.1. The fourth-order valence-electron chi connectivity index (χ4n) is 1.46. The summed E-state index contributed by atoms with van der Waals surface area (Å²) in [6, 6.07) is 1.68. The van der Waals surface area contributed by atoms with Crippen LogP contribution in [0, 0.1) is 0 Å². The number of hydrogen-bond donors (Lipinski definition) is 1. The molecule has 6 heteroatoms. The highest BCUT2D eigenvalue weighted by Crippen LogP contribution is 2.28. The van der Waals surface area contributed by atoms with E-state index in [1.807, 2.05) is 0 Å². The van der Waals surface area contributed by atoms with Crippen molar-refractivity contribution in [3.63, 3.8) is 0 Å². The highest BCUT2D eigenvalue weighted by molar-refractivity contribution is 9.10. The van der Waals surface area contributed by atoms with Crippen LogP contribution in [-0.2, 0) is 4.79 Å². The maximum atomic E-state index is 11.6. The SMILES string of the molecule is O=C1CC(S)CN1c1cc(Cl)c(Br)cn1. The van der Waals surface area contributed by atoms with Gasteiger partial charge in [0.2, 0.25) is 5.91 Å². The Balaban J connectivity index is 2.30. The predicted molar refractivity (Wildman–Crippen MR) is 66.7 cm³/mol. The predicted octanol–water partition coefficient (Wildman–Crippen LogP) is 2.53. The first kappa shape index (κ1) is 11.2. The molecule has 0 N–H and O–H groups in total. The van der Waals surface area contributed by atoms with E-state index in [-0.39, 0.29) is 11.2 Å². The quantitative estimate of drug-likeness (QED) is 0.809. The number of aromatic nitrogens is 1. The van der Waals surface area contributed by atoms with Gasteiger partial charge in [-0.2, -0.15) is 12.6 Å². The van der Waals surface area contributed by atoms with Crippen LogP contribution in [0.25, 0.3) is 0 Å². The lowest BCUT2D eigenvalue weighted by Crippen LogP contribution is -2.25. The van der Waals surface area contributed by atoms with E-state index in [4.69, 9.17) is 11.6 Å². The smallest absolute Gasteiger partial charge is 0.229 e. The van der Waals surface area contributed by atoms with Gasteiger partial charge in [-0.1, -0.05) is 11.6 Å². The summed E-state index contributed by atoms with van der Waals surface area (Å²) in [5.74, 6) is 0.630. The van der Waals surface area contributed by atoms with E-state index in [9.17, 15) is 4.79 Å². The average molecular weight is 308 g/mol. The molecule has 0 aliphatic carbocycles. The van der Waals surface area contributed by atoms with Crippen molar-refractivity contribution < 1.29 is 4.79 Å². The van der Waals surface area contributed by atoms with Crippen LogP contribution in [0.1, 0.15) is 6.42 Å². The number of carbonyl (C=O) groups excluding carboxylic acids is 1. The molecule has 0 aromatic carbocycles. The second-order valence-electron chi connectivity index (χ2n) is 3.32. The number of carbonyl (C=O) groups is 1. The third-order valence-electron chi connectivity index (χ3n) is 2.18. The topological polar surface area (TPSA) is 33.2 Å². The number of halogens is 2. The first-order valence-electron chi connectivity index (χ1n) is 4.37. The minimum absolute atomic E-state index is 0.0425. The molecule has 1 aliphatic heterocycles. The first-order valence-corrected chi connectivity index (χ1v) is 6.06. The molecule has 1 unspecified atom stereocenters. The number of anilines is 1. The minimum atomic E-state index is 0.0425. The Hall–Kier alpha value is -0.260. The van der Waals surface area contributed by atoms with Gasteiger partial charge in [0, 0.05) is 30.5 Å². The zero-order valence-electron chi connectivity index (χ0n) is 7.65. The number of amides is 1. The Morgan fingerprint density at radius 2 is 2.40 bits per heavy atom. The summed E-state index contributed by atoms with van der Waals surface area (Å²) in [4.78, 5) is 17.3. The summed E-state index contributed by atoms with van der Waals surface area (Å²) in [7, 11) is 0. The second kappa shape index (κ2) is 4.31. The van der Waals surface area contributed by atoms with Crippen molar-refractivity contribution in [1.29, 1.82) is 0 Å². The summed E-state index contributed by atoms with van der Waals surface area (Å²) < 4.78 is 0.724. The van der Waals surface area contributed by atoms with Crippen molar-refractivity contribution in [2.24, 2.45) is 0 Å². The molecular formula is C9H8BrClN2OS. The number of thiol groups is 1. The molecule has 1 saturated heterocycles. The van der Waals surface area contributed by atoms with Gasteiger partial charge in [0.1, 0.15) is 5.82 Å². The van der Waals surface area contributed by atoms with Crippen LogP contribution in [0.3, 0.4) is 0 Å². The van der Waals surface area contributed by atoms with E-state index in [1.54, 1.807) is 17.2 Å². The Kier molecular flexibility index (Phi) is 3.23. The molecule has 3 nitrogen and oxygen atoms in total. The molecule has 1 aromatic rings. The van der Waals surface area contributed by atoms with E-state index in [2.05, 4.69) is 33.5 Å². The Morgan fingerprint density at radius 1 is 1.67 bits per heavy atom. The van der Waals surface area contributed by atoms with Gasteiger partial charge >= 0.3 is 0 Å². The Morgan fingerprint density at radius 3 is 2.93 bits per heavy atom. The summed E-state index contributed by atoms with van der Waals surface area (Å²) in [5, 5.41) is 0.636. The molecule has 0 saturated carbocycles. The first-order chi connectivity index (χ1) is 7.08. The van der Waals surface area contributed by atoms with Crippen molar-refractivity contribution in [2.45, 2.75) is 11.7 Å². The fourth-order valence-corrected chi connectivity index (χ4v) is 2.14. The molecule has 2 rings (SSSR count). The minimum Gasteiger partial charge on any atom is -0.296 e. The van der Waals surface area contributed by atoms with E-state index < -0.39 is 0 Å². The van der Waals surface area contributed by atoms with E-state index in [0.717, 1.165) is 4.47 Å². The Bertz CT molecular complexity index is 415. The highest BCUT2D eigenvalue weighted by atomic mass is 79.9. The molecule has 1 aliphatic rings. The zero-order chi connectivity index (χ0) is 11.0. The third kappa shape index (κ3) is 2.29. The molecule has 0 spiro atoms. The van der Waals surface area contributed by atoms with Crippen molar-refractivity contribution in [2.75, 3.05) is 11.4 Å². The van der Waals surface area contributed by atoms with Gasteiger partial charge in [-0.05, 0) is 15.9 Å². The monoisotopic (exact) mass is 306 g/mol. The summed E-state index contributed by atoms with van der Waals surface area (Å²) in [6.07, 6.45) is 2.05. The molecule has 1 atom stereocenters. The van der Waals surface area contributed by atoms with E-state index in [0.29, 0.717) is 23.8 Å². The number of pyridine rings is 1. The van der Waals surface area contributed by atoms with Gasteiger partial charge in [0.05, 0.1) is 9.50 Å². The summed E-state index contributed by atoms with van der Waals surface area (Å²) in [5.41, 5.74) is 0. The largest absolute Gasteiger partial charge is 0.296 e. The van der Waals surface area contributed by atoms with E-state index in [1.165, 1.54) is 0 Å². The molecule has 1 aromatic heterocycles. The molecule has 80 valence electrons. The lowest BCUT2D eigenvalue weighted by molar-refractivity contribution is -0.117. The van der Waals surface area contributed by atoms with Crippen molar-refractivity contribution in [3.05, 3.63) is 21.8 Å². The van der Waals surface area contributed by atoms with E-state index >= 15 is 0 Å². The van der Waals surface area contributed by atoms with Crippen LogP contribution in [0.4, 0.5) is 5.82 Å². The maximum absolute atomic E-state index is 11.6. The number of nitrogens with zero attached hydrogens (tertiary/aromatic N) is 2. The van der Waals surface area contributed by atoms with Gasteiger partial charge < -0.3 is 0 Å². The van der Waals surface area contributed by atoms with Crippen LogP contribution < -0.4 is 4.90 Å². The zero-order valence-corrected chi connectivity index (χ0v) is 10.9. The van der Waals surface area contributed by atoms with Gasteiger partial charge in [0.25, 0.3) is 0 Å². The molecule has 1 fully saturated rings. The number of hydrogen-bond acceptors (Lipinski definition) is 3. The highest BCUT2D eigenvalue weighted by Gasteiger charge is 2.29. The van der Waals surface area contributed by atoms with Crippen molar-refractivity contribution in [1.82, 2.24) is 4.98 Å². The molecule has 0 bridgehead atoms. The average Bonchev–Trinajstić information content (AvgIpc) is 2.50. The number of rotatable bonds is 1. The second-order valence-corrected chi connectivity index (χ2v) is 5.31. The van der Waals surface area contributed by atoms with Gasteiger partial charge in [-0.3, -0.25) is 9.69 Å². The van der Waals surface area contributed by atoms with Crippen molar-refractivity contribution >= 4 is 51.9 Å². The van der Waals surface area contributed by atoms with Crippen LogP contribution in [0.15, 0.2) is 16.7 Å². The standard InChI is InChI=1S/C9H8BrClN2OS/c10-6-3-12-8(2-7(6)11)13-4-5(15)1-9(13)14/h2-3,5,15H,1,4H2. The van der Waals surface area contributed by atoms with Gasteiger partial charge in [0.15, 0.2) is 0 Å². The molecule has 1 amide bonds. The van der Waals surface area contributed by atoms with Gasteiger partial charge in [-0.15, -0.1) is 0 Å². The fraction of sp³-hybridized carbons (Fsp3) is 0.333. The molecular weight excluding hydrogens is 300 g/mol. The van der Waals surface area contributed by atoms with Crippen LogP contribution >= 0.6 is 40.2 Å². The lowest BCUT2D eigenvalue weighted by atomic mass is 10.4. The van der Waals surface area contributed by atoms with Crippen LogP contribution in [0.5, 0.6) is 0 Å². The lowest BCUT2D eigenvalue weighted by Gasteiger charge is -2.14. The summed E-state index contributed by atoms with van der Waals surface area (Å²) >= 11 is 13.5.